The normalized spacial score (nSPS) is 9.38. The summed E-state index contributed by atoms with van der Waals surface area (Å²) in [5.74, 6) is -1.25. The highest BCUT2D eigenvalue weighted by molar-refractivity contribution is 5.78. The summed E-state index contributed by atoms with van der Waals surface area (Å²) in [5, 5.41) is 8.33. The van der Waals surface area contributed by atoms with Crippen molar-refractivity contribution in [1.82, 2.24) is 10.4 Å². The summed E-state index contributed by atoms with van der Waals surface area (Å²) in [5.41, 5.74) is 4.89. The van der Waals surface area contributed by atoms with Gasteiger partial charge in [0.05, 0.1) is 5.69 Å². The molecular formula is C7H8FN3O2. The van der Waals surface area contributed by atoms with Crippen molar-refractivity contribution in [2.75, 3.05) is 12.0 Å². The van der Waals surface area contributed by atoms with Crippen molar-refractivity contribution in [1.29, 1.82) is 0 Å². The van der Waals surface area contributed by atoms with Gasteiger partial charge in [-0.2, -0.15) is 4.39 Å². The molecule has 0 aliphatic heterocycles. The first-order valence-electron chi connectivity index (χ1n) is 3.49. The standard InChI is InChI=1S/C7H8FN3O2/c8-6-3-5(1-2-9-6)10-11-7(13)4-12/h1-3,12H,4H2,(H,9,10)(H,11,13). The maximum Gasteiger partial charge on any atom is 0.263 e. The second-order valence-corrected chi connectivity index (χ2v) is 2.20. The predicted octanol–water partition coefficient (Wildman–Crippen LogP) is -0.344. The number of hydrogen-bond donors (Lipinski definition) is 3. The molecule has 1 amide bonds. The molecular weight excluding hydrogens is 177 g/mol. The molecule has 1 aromatic heterocycles. The van der Waals surface area contributed by atoms with Gasteiger partial charge in [-0.05, 0) is 6.07 Å². The van der Waals surface area contributed by atoms with Gasteiger partial charge in [0.25, 0.3) is 5.91 Å². The minimum absolute atomic E-state index is 0.356. The van der Waals surface area contributed by atoms with E-state index in [1.165, 1.54) is 12.3 Å². The lowest BCUT2D eigenvalue weighted by Crippen LogP contribution is -2.31. The Balaban J connectivity index is 2.50. The molecule has 1 rings (SSSR count). The number of pyridine rings is 1. The first-order valence-corrected chi connectivity index (χ1v) is 3.49. The summed E-state index contributed by atoms with van der Waals surface area (Å²) in [7, 11) is 0. The summed E-state index contributed by atoms with van der Waals surface area (Å²) in [6.07, 6.45) is 1.25. The molecule has 0 spiro atoms. The van der Waals surface area contributed by atoms with Crippen LogP contribution in [0.4, 0.5) is 10.1 Å². The number of carbonyl (C=O) groups is 1. The number of nitrogens with zero attached hydrogens (tertiary/aromatic N) is 1. The lowest BCUT2D eigenvalue weighted by Gasteiger charge is -2.05. The van der Waals surface area contributed by atoms with Gasteiger partial charge >= 0.3 is 0 Å². The molecule has 0 radical (unpaired) electrons. The molecule has 0 bridgehead atoms. The summed E-state index contributed by atoms with van der Waals surface area (Å²) >= 11 is 0. The maximum absolute atomic E-state index is 12.5. The van der Waals surface area contributed by atoms with Crippen LogP contribution in [0.1, 0.15) is 0 Å². The van der Waals surface area contributed by atoms with Crippen molar-refractivity contribution in [3.8, 4) is 0 Å². The summed E-state index contributed by atoms with van der Waals surface area (Å²) in [6.45, 7) is -0.624. The van der Waals surface area contributed by atoms with Gasteiger partial charge in [0, 0.05) is 12.3 Å². The number of rotatable bonds is 3. The molecule has 6 heteroatoms. The second kappa shape index (κ2) is 4.36. The average molecular weight is 185 g/mol. The van der Waals surface area contributed by atoms with Crippen LogP contribution in [-0.2, 0) is 4.79 Å². The monoisotopic (exact) mass is 185 g/mol. The topological polar surface area (TPSA) is 74.2 Å². The molecule has 0 aliphatic carbocycles. The van der Waals surface area contributed by atoms with Gasteiger partial charge in [-0.15, -0.1) is 0 Å². The van der Waals surface area contributed by atoms with Gasteiger partial charge in [-0.25, -0.2) is 4.98 Å². The van der Waals surface area contributed by atoms with E-state index in [0.717, 1.165) is 6.07 Å². The smallest absolute Gasteiger partial charge is 0.263 e. The van der Waals surface area contributed by atoms with E-state index in [1.54, 1.807) is 0 Å². The van der Waals surface area contributed by atoms with Gasteiger partial charge in [-0.1, -0.05) is 0 Å². The van der Waals surface area contributed by atoms with Crippen molar-refractivity contribution in [3.63, 3.8) is 0 Å². The molecule has 0 saturated heterocycles. The Labute approximate surface area is 73.6 Å². The molecule has 0 aromatic carbocycles. The van der Waals surface area contributed by atoms with Crippen LogP contribution in [0.2, 0.25) is 0 Å². The van der Waals surface area contributed by atoms with Crippen molar-refractivity contribution >= 4 is 11.6 Å². The zero-order chi connectivity index (χ0) is 9.68. The first-order chi connectivity index (χ1) is 6.22. The number of carbonyl (C=O) groups excluding carboxylic acids is 1. The molecule has 5 nitrogen and oxygen atoms in total. The van der Waals surface area contributed by atoms with E-state index >= 15 is 0 Å². The summed E-state index contributed by atoms with van der Waals surface area (Å²) < 4.78 is 12.5. The quantitative estimate of drug-likeness (QED) is 0.444. The molecule has 0 atom stereocenters. The lowest BCUT2D eigenvalue weighted by atomic mass is 10.4. The van der Waals surface area contributed by atoms with E-state index in [-0.39, 0.29) is 0 Å². The molecule has 13 heavy (non-hydrogen) atoms. The largest absolute Gasteiger partial charge is 0.386 e. The summed E-state index contributed by atoms with van der Waals surface area (Å²) in [6, 6.07) is 2.58. The number of halogens is 1. The Morgan fingerprint density at radius 3 is 3.08 bits per heavy atom. The molecule has 0 fully saturated rings. The molecule has 0 aliphatic rings. The van der Waals surface area contributed by atoms with Gasteiger partial charge < -0.3 is 5.11 Å². The molecule has 1 aromatic rings. The zero-order valence-corrected chi connectivity index (χ0v) is 6.62. The average Bonchev–Trinajstić information content (AvgIpc) is 2.14. The van der Waals surface area contributed by atoms with Crippen LogP contribution in [-0.4, -0.2) is 22.6 Å². The van der Waals surface area contributed by atoms with Gasteiger partial charge in [0.15, 0.2) is 0 Å². The van der Waals surface area contributed by atoms with Gasteiger partial charge in [0.2, 0.25) is 5.95 Å². The fourth-order valence-corrected chi connectivity index (χ4v) is 0.662. The fourth-order valence-electron chi connectivity index (χ4n) is 0.662. The molecule has 70 valence electrons. The predicted molar refractivity (Wildman–Crippen MR) is 43.0 cm³/mol. The molecule has 0 unspecified atom stereocenters. The SMILES string of the molecule is O=C(CO)NNc1ccnc(F)c1. The summed E-state index contributed by atoms with van der Waals surface area (Å²) in [4.78, 5) is 13.9. The van der Waals surface area contributed by atoms with E-state index in [4.69, 9.17) is 5.11 Å². The van der Waals surface area contributed by atoms with E-state index in [0.29, 0.717) is 5.69 Å². The third-order valence-electron chi connectivity index (χ3n) is 1.22. The number of hydrazine groups is 1. The maximum atomic E-state index is 12.5. The van der Waals surface area contributed by atoms with Crippen LogP contribution in [0.5, 0.6) is 0 Å². The Hall–Kier alpha value is -1.69. The molecule has 3 N–H and O–H groups in total. The van der Waals surface area contributed by atoms with Crippen LogP contribution in [0.25, 0.3) is 0 Å². The van der Waals surface area contributed by atoms with E-state index in [9.17, 15) is 9.18 Å². The van der Waals surface area contributed by atoms with E-state index < -0.39 is 18.5 Å². The Morgan fingerprint density at radius 2 is 2.46 bits per heavy atom. The highest BCUT2D eigenvalue weighted by Gasteiger charge is 1.97. The third kappa shape index (κ3) is 3.04. The van der Waals surface area contributed by atoms with Crippen molar-refractivity contribution in [2.45, 2.75) is 0 Å². The number of aliphatic hydroxyl groups excluding tert-OH is 1. The van der Waals surface area contributed by atoms with Crippen LogP contribution in [0, 0.1) is 5.95 Å². The lowest BCUT2D eigenvalue weighted by molar-refractivity contribution is -0.123. The number of aliphatic hydroxyl groups is 1. The van der Waals surface area contributed by atoms with Gasteiger partial charge in [0.1, 0.15) is 6.61 Å². The van der Waals surface area contributed by atoms with Crippen molar-refractivity contribution < 1.29 is 14.3 Å². The third-order valence-corrected chi connectivity index (χ3v) is 1.22. The minimum Gasteiger partial charge on any atom is -0.386 e. The van der Waals surface area contributed by atoms with Crippen LogP contribution < -0.4 is 10.9 Å². The van der Waals surface area contributed by atoms with Crippen LogP contribution in [0.3, 0.4) is 0 Å². The Morgan fingerprint density at radius 1 is 1.69 bits per heavy atom. The van der Waals surface area contributed by atoms with E-state index in [2.05, 4.69) is 15.8 Å². The minimum atomic E-state index is -0.650. The van der Waals surface area contributed by atoms with Crippen LogP contribution in [0.15, 0.2) is 18.3 Å². The molecule has 1 heterocycles. The fraction of sp³-hybridized carbons (Fsp3) is 0.143. The number of aromatic nitrogens is 1. The Kier molecular flexibility index (Phi) is 3.15. The first kappa shape index (κ1) is 9.40. The Bertz CT molecular complexity index is 306. The highest BCUT2D eigenvalue weighted by Crippen LogP contribution is 2.04. The van der Waals surface area contributed by atoms with Crippen molar-refractivity contribution in [3.05, 3.63) is 24.3 Å². The molecule has 0 saturated carbocycles. The zero-order valence-electron chi connectivity index (χ0n) is 6.62. The number of anilines is 1. The number of amides is 1. The highest BCUT2D eigenvalue weighted by atomic mass is 19.1. The second-order valence-electron chi connectivity index (χ2n) is 2.20. The number of nitrogens with one attached hydrogen (secondary N) is 2. The van der Waals surface area contributed by atoms with Crippen LogP contribution >= 0.6 is 0 Å². The van der Waals surface area contributed by atoms with E-state index in [1.807, 2.05) is 0 Å². The van der Waals surface area contributed by atoms with Gasteiger partial charge in [-0.3, -0.25) is 15.6 Å². The number of hydrogen-bond acceptors (Lipinski definition) is 4. The van der Waals surface area contributed by atoms with Crippen molar-refractivity contribution in [2.24, 2.45) is 0 Å².